The first-order chi connectivity index (χ1) is 17.0. The number of nitriles is 1. The zero-order chi connectivity index (χ0) is 25.0. The predicted octanol–water partition coefficient (Wildman–Crippen LogP) is 3.94. The van der Waals surface area contributed by atoms with Crippen molar-refractivity contribution in [2.45, 2.75) is 6.54 Å². The van der Waals surface area contributed by atoms with E-state index < -0.39 is 5.91 Å². The van der Waals surface area contributed by atoms with E-state index in [0.717, 1.165) is 5.56 Å². The highest BCUT2D eigenvalue weighted by Crippen LogP contribution is 2.29. The lowest BCUT2D eigenvalue weighted by molar-refractivity contribution is -0.118. The van der Waals surface area contributed by atoms with Gasteiger partial charge in [0.2, 0.25) is 0 Å². The Morgan fingerprint density at radius 1 is 0.914 bits per heavy atom. The Morgan fingerprint density at radius 2 is 1.63 bits per heavy atom. The molecule has 0 radical (unpaired) electrons. The molecule has 8 nitrogen and oxygen atoms in total. The summed E-state index contributed by atoms with van der Waals surface area (Å²) in [5.41, 5.74) is 1.98. The number of para-hydroxylation sites is 2. The van der Waals surface area contributed by atoms with E-state index in [0.29, 0.717) is 35.0 Å². The minimum Gasteiger partial charge on any atom is -0.495 e. The van der Waals surface area contributed by atoms with Crippen molar-refractivity contribution in [1.29, 1.82) is 5.26 Å². The largest absolute Gasteiger partial charge is 0.495 e. The summed E-state index contributed by atoms with van der Waals surface area (Å²) in [6.45, 7) is 0.0562. The molecule has 0 aromatic heterocycles. The smallest absolute Gasteiger partial charge is 0.262 e. The number of amides is 2. The molecule has 178 valence electrons. The van der Waals surface area contributed by atoms with Crippen LogP contribution in [0.2, 0.25) is 0 Å². The predicted molar refractivity (Wildman–Crippen MR) is 132 cm³/mol. The zero-order valence-electron chi connectivity index (χ0n) is 19.4. The van der Waals surface area contributed by atoms with E-state index in [1.54, 1.807) is 42.5 Å². The van der Waals surface area contributed by atoms with Crippen LogP contribution in [0.15, 0.2) is 78.4 Å². The molecular weight excluding hydrogens is 446 g/mol. The van der Waals surface area contributed by atoms with Crippen molar-refractivity contribution in [3.63, 3.8) is 0 Å². The van der Waals surface area contributed by atoms with E-state index in [4.69, 9.17) is 14.2 Å². The molecule has 0 atom stereocenters. The Bertz CT molecular complexity index is 1250. The number of hydrogen-bond acceptors (Lipinski definition) is 6. The number of anilines is 1. The number of carbonyl (C=O) groups excluding carboxylic acids is 2. The average molecular weight is 472 g/mol. The van der Waals surface area contributed by atoms with Gasteiger partial charge in [0.1, 0.15) is 17.4 Å². The maximum atomic E-state index is 12.4. The third-order valence-electron chi connectivity index (χ3n) is 4.90. The second-order valence-corrected chi connectivity index (χ2v) is 7.29. The molecule has 0 aliphatic rings. The molecule has 0 aliphatic heterocycles. The molecule has 0 spiro atoms. The van der Waals surface area contributed by atoms with E-state index in [9.17, 15) is 14.9 Å². The number of rotatable bonds is 10. The topological polar surface area (TPSA) is 110 Å². The van der Waals surface area contributed by atoms with E-state index in [1.165, 1.54) is 20.3 Å². The lowest BCUT2D eigenvalue weighted by atomic mass is 10.1. The van der Waals surface area contributed by atoms with Gasteiger partial charge in [-0.3, -0.25) is 9.59 Å². The lowest BCUT2D eigenvalue weighted by Crippen LogP contribution is -2.23. The highest BCUT2D eigenvalue weighted by Gasteiger charge is 2.13. The molecule has 2 N–H and O–H groups in total. The SMILES string of the molecule is COc1ccccc1NC(=O)COc1ccc(C=C(C#N)C(=O)NCc2ccccc2)cc1OC. The van der Waals surface area contributed by atoms with Gasteiger partial charge in [-0.25, -0.2) is 0 Å². The molecule has 0 heterocycles. The third kappa shape index (κ3) is 7.11. The summed E-state index contributed by atoms with van der Waals surface area (Å²) in [4.78, 5) is 24.8. The molecule has 3 rings (SSSR count). The highest BCUT2D eigenvalue weighted by atomic mass is 16.5. The Kier molecular flexibility index (Phi) is 8.85. The zero-order valence-corrected chi connectivity index (χ0v) is 19.4. The summed E-state index contributed by atoms with van der Waals surface area (Å²) in [5.74, 6) is 0.374. The number of hydrogen-bond donors (Lipinski definition) is 2. The Labute approximate surface area is 203 Å². The van der Waals surface area contributed by atoms with Crippen molar-refractivity contribution in [2.24, 2.45) is 0 Å². The van der Waals surface area contributed by atoms with Gasteiger partial charge in [-0.2, -0.15) is 5.26 Å². The van der Waals surface area contributed by atoms with Gasteiger partial charge in [0.15, 0.2) is 18.1 Å². The summed E-state index contributed by atoms with van der Waals surface area (Å²) in [5, 5.41) is 14.9. The van der Waals surface area contributed by atoms with Gasteiger partial charge in [-0.1, -0.05) is 48.5 Å². The number of methoxy groups -OCH3 is 2. The minimum atomic E-state index is -0.483. The van der Waals surface area contributed by atoms with Crippen molar-refractivity contribution < 1.29 is 23.8 Å². The molecule has 0 unspecified atom stereocenters. The van der Waals surface area contributed by atoms with Crippen LogP contribution in [0.3, 0.4) is 0 Å². The molecule has 0 saturated carbocycles. The van der Waals surface area contributed by atoms with Crippen molar-refractivity contribution in [3.8, 4) is 23.3 Å². The van der Waals surface area contributed by atoms with Gasteiger partial charge in [0, 0.05) is 6.54 Å². The van der Waals surface area contributed by atoms with Gasteiger partial charge in [-0.05, 0) is 41.5 Å². The van der Waals surface area contributed by atoms with Crippen LogP contribution >= 0.6 is 0 Å². The molecule has 3 aromatic carbocycles. The van der Waals surface area contributed by atoms with Crippen molar-refractivity contribution in [3.05, 3.63) is 89.5 Å². The van der Waals surface area contributed by atoms with Gasteiger partial charge < -0.3 is 24.8 Å². The number of benzene rings is 3. The van der Waals surface area contributed by atoms with Crippen LogP contribution in [-0.4, -0.2) is 32.6 Å². The Morgan fingerprint density at radius 3 is 2.34 bits per heavy atom. The molecule has 0 fully saturated rings. The minimum absolute atomic E-state index is 0.0483. The summed E-state index contributed by atoms with van der Waals surface area (Å²) in [6, 6.07) is 23.3. The van der Waals surface area contributed by atoms with E-state index in [-0.39, 0.29) is 18.1 Å². The second-order valence-electron chi connectivity index (χ2n) is 7.29. The van der Waals surface area contributed by atoms with Crippen LogP contribution in [0.25, 0.3) is 6.08 Å². The Balaban J connectivity index is 1.64. The van der Waals surface area contributed by atoms with Gasteiger partial charge in [-0.15, -0.1) is 0 Å². The van der Waals surface area contributed by atoms with Crippen LogP contribution in [0, 0.1) is 11.3 Å². The quantitative estimate of drug-likeness (QED) is 0.342. The fraction of sp³-hybridized carbons (Fsp3) is 0.148. The molecule has 35 heavy (non-hydrogen) atoms. The summed E-state index contributed by atoms with van der Waals surface area (Å²) in [7, 11) is 2.98. The summed E-state index contributed by atoms with van der Waals surface area (Å²) in [6.07, 6.45) is 1.46. The van der Waals surface area contributed by atoms with Crippen LogP contribution in [0.1, 0.15) is 11.1 Å². The summed E-state index contributed by atoms with van der Waals surface area (Å²) >= 11 is 0. The van der Waals surface area contributed by atoms with E-state index >= 15 is 0 Å². The van der Waals surface area contributed by atoms with Crippen molar-refractivity contribution in [1.82, 2.24) is 5.32 Å². The maximum Gasteiger partial charge on any atom is 0.262 e. The normalized spacial score (nSPS) is 10.6. The monoisotopic (exact) mass is 471 g/mol. The van der Waals surface area contributed by atoms with E-state index in [1.807, 2.05) is 36.4 Å². The summed E-state index contributed by atoms with van der Waals surface area (Å²) < 4.78 is 16.2. The number of nitrogens with zero attached hydrogens (tertiary/aromatic N) is 1. The van der Waals surface area contributed by atoms with Gasteiger partial charge >= 0.3 is 0 Å². The Hall–Kier alpha value is -4.77. The number of nitrogens with one attached hydrogen (secondary N) is 2. The maximum absolute atomic E-state index is 12.4. The lowest BCUT2D eigenvalue weighted by Gasteiger charge is -2.13. The standard InChI is InChI=1S/C27H25N3O5/c1-33-23-11-7-6-10-22(23)30-26(31)18-35-24-13-12-20(15-25(24)34-2)14-21(16-28)27(32)29-17-19-8-4-3-5-9-19/h3-15H,17-18H2,1-2H3,(H,29,32)(H,30,31). The average Bonchev–Trinajstić information content (AvgIpc) is 2.90. The second kappa shape index (κ2) is 12.5. The third-order valence-corrected chi connectivity index (χ3v) is 4.90. The first-order valence-electron chi connectivity index (χ1n) is 10.7. The molecule has 0 saturated heterocycles. The first-order valence-corrected chi connectivity index (χ1v) is 10.7. The van der Waals surface area contributed by atoms with Gasteiger partial charge in [0.25, 0.3) is 11.8 Å². The molecule has 8 heteroatoms. The fourth-order valence-corrected chi connectivity index (χ4v) is 3.16. The van der Waals surface area contributed by atoms with Crippen LogP contribution in [0.5, 0.6) is 17.2 Å². The molecule has 2 amide bonds. The van der Waals surface area contributed by atoms with E-state index in [2.05, 4.69) is 10.6 Å². The fourth-order valence-electron chi connectivity index (χ4n) is 3.16. The number of ether oxygens (including phenoxy) is 3. The number of carbonyl (C=O) groups is 2. The van der Waals surface area contributed by atoms with Crippen LogP contribution in [-0.2, 0) is 16.1 Å². The first kappa shape index (κ1) is 24.9. The van der Waals surface area contributed by atoms with Crippen LogP contribution in [0.4, 0.5) is 5.69 Å². The molecule has 0 bridgehead atoms. The molecular formula is C27H25N3O5. The van der Waals surface area contributed by atoms with Gasteiger partial charge in [0.05, 0.1) is 19.9 Å². The molecule has 3 aromatic rings. The molecule has 0 aliphatic carbocycles. The van der Waals surface area contributed by atoms with Crippen molar-refractivity contribution >= 4 is 23.6 Å². The van der Waals surface area contributed by atoms with Crippen molar-refractivity contribution in [2.75, 3.05) is 26.1 Å². The van der Waals surface area contributed by atoms with Crippen LogP contribution < -0.4 is 24.8 Å². The highest BCUT2D eigenvalue weighted by molar-refractivity contribution is 6.01.